The van der Waals surface area contributed by atoms with Crippen molar-refractivity contribution in [3.63, 3.8) is 0 Å². The molecule has 1 saturated carbocycles. The Hall–Kier alpha value is -1.82. The zero-order valence-corrected chi connectivity index (χ0v) is 23.1. The van der Waals surface area contributed by atoms with Gasteiger partial charge in [-0.3, -0.25) is 0 Å². The molecule has 0 aliphatic heterocycles. The predicted molar refractivity (Wildman–Crippen MR) is 155 cm³/mol. The van der Waals surface area contributed by atoms with Crippen LogP contribution >= 0.6 is 35.5 Å². The third kappa shape index (κ3) is 9.29. The van der Waals surface area contributed by atoms with Gasteiger partial charge in [0.2, 0.25) is 0 Å². The highest BCUT2D eigenvalue weighted by Gasteiger charge is 2.20. The van der Waals surface area contributed by atoms with Gasteiger partial charge in [0.15, 0.2) is 5.90 Å². The number of hydrogen-bond donors (Lipinski definition) is 0. The Kier molecular flexibility index (Phi) is 10.5. The van der Waals surface area contributed by atoms with Crippen LogP contribution in [-0.2, 0) is 4.74 Å². The lowest BCUT2D eigenvalue weighted by atomic mass is 9.90. The van der Waals surface area contributed by atoms with Crippen LogP contribution in [0, 0.1) is 19.8 Å². The zero-order valence-electron chi connectivity index (χ0n) is 20.7. The Labute approximate surface area is 223 Å². The number of rotatable bonds is 10. The summed E-state index contributed by atoms with van der Waals surface area (Å²) in [7, 11) is 0. The van der Waals surface area contributed by atoms with Gasteiger partial charge in [-0.15, -0.1) is 23.5 Å². The molecule has 1 aliphatic rings. The Bertz CT molecular complexity index is 998. The second-order valence-electron chi connectivity index (χ2n) is 9.20. The SMILES string of the molecule is Cc1ccc(SC(CC(=NSc2ccccc2)OCC2CCCCC2)Sc2ccc(C)cc2)cc1. The average molecular weight is 522 g/mol. The van der Waals surface area contributed by atoms with Gasteiger partial charge in [-0.05, 0) is 69.0 Å². The highest BCUT2D eigenvalue weighted by molar-refractivity contribution is 8.17. The summed E-state index contributed by atoms with van der Waals surface area (Å²) in [6.07, 6.45) is 7.35. The number of aryl methyl sites for hydroxylation is 2. The van der Waals surface area contributed by atoms with E-state index in [-0.39, 0.29) is 4.58 Å². The molecule has 0 bridgehead atoms. The lowest BCUT2D eigenvalue weighted by Gasteiger charge is -2.23. The minimum atomic E-state index is 0.266. The monoisotopic (exact) mass is 521 g/mol. The van der Waals surface area contributed by atoms with Crippen molar-refractivity contribution in [2.24, 2.45) is 10.3 Å². The molecule has 5 heteroatoms. The second kappa shape index (κ2) is 14.1. The van der Waals surface area contributed by atoms with E-state index in [4.69, 9.17) is 9.13 Å². The molecule has 0 spiro atoms. The minimum absolute atomic E-state index is 0.266. The van der Waals surface area contributed by atoms with Crippen LogP contribution in [0.2, 0.25) is 0 Å². The number of hydrogen-bond acceptors (Lipinski definition) is 5. The topological polar surface area (TPSA) is 21.6 Å². The summed E-state index contributed by atoms with van der Waals surface area (Å²) in [6, 6.07) is 28.0. The van der Waals surface area contributed by atoms with E-state index in [0.29, 0.717) is 5.92 Å². The van der Waals surface area contributed by atoms with E-state index in [9.17, 15) is 0 Å². The first-order valence-electron chi connectivity index (χ1n) is 12.5. The van der Waals surface area contributed by atoms with Crippen molar-refractivity contribution in [2.45, 2.75) is 71.6 Å². The van der Waals surface area contributed by atoms with Crippen molar-refractivity contribution in [1.82, 2.24) is 0 Å². The van der Waals surface area contributed by atoms with Gasteiger partial charge < -0.3 is 4.74 Å². The summed E-state index contributed by atoms with van der Waals surface area (Å²) < 4.78 is 11.6. The zero-order chi connectivity index (χ0) is 24.3. The molecule has 184 valence electrons. The molecule has 0 heterocycles. The third-order valence-corrected chi connectivity index (χ3v) is 9.43. The molecule has 0 aromatic heterocycles. The van der Waals surface area contributed by atoms with Gasteiger partial charge in [0.05, 0.1) is 11.2 Å². The predicted octanol–water partition coefficient (Wildman–Crippen LogP) is 9.61. The van der Waals surface area contributed by atoms with Crippen molar-refractivity contribution in [3.8, 4) is 0 Å². The summed E-state index contributed by atoms with van der Waals surface area (Å²) in [5.74, 6) is 1.51. The third-order valence-electron chi connectivity index (χ3n) is 6.12. The number of benzene rings is 3. The summed E-state index contributed by atoms with van der Waals surface area (Å²) in [5.41, 5.74) is 2.57. The molecular weight excluding hydrogens is 487 g/mol. The average Bonchev–Trinajstić information content (AvgIpc) is 2.89. The second-order valence-corrected chi connectivity index (χ2v) is 12.9. The number of thioether (sulfide) groups is 2. The Morgan fingerprint density at radius 2 is 1.34 bits per heavy atom. The molecule has 0 radical (unpaired) electrons. The fourth-order valence-electron chi connectivity index (χ4n) is 4.06. The van der Waals surface area contributed by atoms with Crippen molar-refractivity contribution in [2.75, 3.05) is 6.61 Å². The number of nitrogens with zero attached hydrogens (tertiary/aromatic N) is 1. The maximum atomic E-state index is 6.45. The molecule has 0 saturated heterocycles. The summed E-state index contributed by atoms with van der Waals surface area (Å²) in [4.78, 5) is 3.70. The first-order chi connectivity index (χ1) is 17.1. The van der Waals surface area contributed by atoms with Crippen LogP contribution in [-0.4, -0.2) is 17.1 Å². The smallest absolute Gasteiger partial charge is 0.197 e. The van der Waals surface area contributed by atoms with E-state index in [1.165, 1.54) is 65.0 Å². The maximum Gasteiger partial charge on any atom is 0.197 e. The minimum Gasteiger partial charge on any atom is -0.480 e. The van der Waals surface area contributed by atoms with Crippen LogP contribution in [0.5, 0.6) is 0 Å². The fourth-order valence-corrected chi connectivity index (χ4v) is 7.18. The molecule has 3 aromatic carbocycles. The Balaban J connectivity index is 1.51. The van der Waals surface area contributed by atoms with Gasteiger partial charge >= 0.3 is 0 Å². The maximum absolute atomic E-state index is 6.45. The lowest BCUT2D eigenvalue weighted by Crippen LogP contribution is -2.18. The highest BCUT2D eigenvalue weighted by Crippen LogP contribution is 2.39. The van der Waals surface area contributed by atoms with E-state index in [1.54, 1.807) is 0 Å². The molecule has 0 N–H and O–H groups in total. The first kappa shape index (κ1) is 26.2. The molecule has 35 heavy (non-hydrogen) atoms. The highest BCUT2D eigenvalue weighted by atomic mass is 32.2. The van der Waals surface area contributed by atoms with E-state index in [2.05, 4.69) is 86.6 Å². The van der Waals surface area contributed by atoms with E-state index < -0.39 is 0 Å². The van der Waals surface area contributed by atoms with Crippen LogP contribution in [0.1, 0.15) is 49.7 Å². The van der Waals surface area contributed by atoms with Crippen LogP contribution in [0.25, 0.3) is 0 Å². The fraction of sp³-hybridized carbons (Fsp3) is 0.367. The van der Waals surface area contributed by atoms with Gasteiger partial charge in [-0.2, -0.15) is 4.40 Å². The van der Waals surface area contributed by atoms with Crippen molar-refractivity contribution >= 4 is 41.4 Å². The quantitative estimate of drug-likeness (QED) is 0.0870. The molecule has 3 aromatic rings. The molecule has 0 atom stereocenters. The van der Waals surface area contributed by atoms with Crippen molar-refractivity contribution in [1.29, 1.82) is 0 Å². The van der Waals surface area contributed by atoms with Crippen LogP contribution in [0.15, 0.2) is 97.9 Å². The molecular formula is C30H35NOS3. The van der Waals surface area contributed by atoms with E-state index >= 15 is 0 Å². The molecule has 2 nitrogen and oxygen atoms in total. The van der Waals surface area contributed by atoms with Gasteiger partial charge in [-0.25, -0.2) is 0 Å². The molecule has 1 aliphatic carbocycles. The first-order valence-corrected chi connectivity index (χ1v) is 15.1. The van der Waals surface area contributed by atoms with Crippen molar-refractivity contribution < 1.29 is 4.74 Å². The van der Waals surface area contributed by atoms with Gasteiger partial charge in [-0.1, -0.05) is 72.9 Å². The summed E-state index contributed by atoms with van der Waals surface area (Å²) in [6.45, 7) is 5.06. The van der Waals surface area contributed by atoms with E-state index in [1.807, 2.05) is 29.6 Å². The van der Waals surface area contributed by atoms with Gasteiger partial charge in [0, 0.05) is 33.1 Å². The summed E-state index contributed by atoms with van der Waals surface area (Å²) >= 11 is 5.32. The van der Waals surface area contributed by atoms with E-state index in [0.717, 1.165) is 23.8 Å². The standard InChI is InChI=1S/C30H35NOS3/c1-23-13-17-26(18-14-23)33-30(34-27-19-15-24(2)16-20-27)21-29(31-35-28-11-7-4-8-12-28)32-22-25-9-5-3-6-10-25/h4,7-8,11-20,25,30H,3,5-6,9-10,21-22H2,1-2H3. The molecule has 4 rings (SSSR count). The van der Waals surface area contributed by atoms with Gasteiger partial charge in [0.1, 0.15) is 0 Å². The Morgan fingerprint density at radius 3 is 1.91 bits per heavy atom. The van der Waals surface area contributed by atoms with Crippen LogP contribution in [0.3, 0.4) is 0 Å². The van der Waals surface area contributed by atoms with Crippen LogP contribution in [0.4, 0.5) is 0 Å². The lowest BCUT2D eigenvalue weighted by molar-refractivity contribution is 0.196. The normalized spacial score (nSPS) is 14.9. The number of ether oxygens (including phenoxy) is 1. The molecule has 1 fully saturated rings. The van der Waals surface area contributed by atoms with Gasteiger partial charge in [0.25, 0.3) is 0 Å². The van der Waals surface area contributed by atoms with Crippen LogP contribution < -0.4 is 0 Å². The molecule has 0 unspecified atom stereocenters. The molecule has 0 amide bonds. The summed E-state index contributed by atoms with van der Waals surface area (Å²) in [5, 5.41) is 0. The Morgan fingerprint density at radius 1 is 0.771 bits per heavy atom. The largest absolute Gasteiger partial charge is 0.480 e. The van der Waals surface area contributed by atoms with Crippen molar-refractivity contribution in [3.05, 3.63) is 90.0 Å².